The molecule has 1 unspecified atom stereocenters. The van der Waals surface area contributed by atoms with Crippen LogP contribution in [0, 0.1) is 35.5 Å². The highest BCUT2D eigenvalue weighted by Gasteiger charge is 2.49. The number of hydrogen-bond donors (Lipinski definition) is 2. The summed E-state index contributed by atoms with van der Waals surface area (Å²) >= 11 is 0. The van der Waals surface area contributed by atoms with Crippen LogP contribution in [0.2, 0.25) is 0 Å². The predicted molar refractivity (Wildman–Crippen MR) is 80.2 cm³/mol. The van der Waals surface area contributed by atoms with Crippen LogP contribution in [-0.2, 0) is 6.42 Å². The van der Waals surface area contributed by atoms with Crippen molar-refractivity contribution in [1.82, 2.24) is 9.66 Å². The molecule has 5 rings (SSSR count). The number of nitrogens with two attached hydrogens (primary N) is 2. The van der Waals surface area contributed by atoms with Crippen molar-refractivity contribution in [1.29, 1.82) is 0 Å². The minimum absolute atomic E-state index is 0.640. The van der Waals surface area contributed by atoms with Crippen LogP contribution in [0.25, 0.3) is 0 Å². The Hall–Kier alpha value is -1.19. The molecule has 0 spiro atoms. The fourth-order valence-electron chi connectivity index (χ4n) is 5.90. The highest BCUT2D eigenvalue weighted by molar-refractivity contribution is 5.36. The normalized spacial score (nSPS) is 40.1. The quantitative estimate of drug-likeness (QED) is 0.832. The minimum Gasteiger partial charge on any atom is -0.382 e. The monoisotopic (exact) mass is 274 g/mol. The van der Waals surface area contributed by atoms with Crippen molar-refractivity contribution in [2.24, 2.45) is 35.5 Å². The van der Waals surface area contributed by atoms with Crippen molar-refractivity contribution in [3.05, 3.63) is 12.0 Å². The van der Waals surface area contributed by atoms with Crippen LogP contribution in [0.3, 0.4) is 0 Å². The van der Waals surface area contributed by atoms with Gasteiger partial charge in [0.25, 0.3) is 0 Å². The zero-order valence-corrected chi connectivity index (χ0v) is 12.3. The molecule has 1 heterocycles. The molecule has 0 radical (unpaired) electrons. The molecule has 0 aromatic carbocycles. The maximum absolute atomic E-state index is 6.00. The van der Waals surface area contributed by atoms with Gasteiger partial charge in [0.15, 0.2) is 0 Å². The van der Waals surface area contributed by atoms with E-state index in [0.717, 1.165) is 41.7 Å². The van der Waals surface area contributed by atoms with E-state index >= 15 is 0 Å². The third-order valence-corrected chi connectivity index (χ3v) is 6.38. The Morgan fingerprint density at radius 3 is 2.30 bits per heavy atom. The summed E-state index contributed by atoms with van der Waals surface area (Å²) in [4.78, 5) is 4.38. The van der Waals surface area contributed by atoms with E-state index in [9.17, 15) is 0 Å². The topological polar surface area (TPSA) is 69.9 Å². The van der Waals surface area contributed by atoms with Crippen LogP contribution in [0.1, 0.15) is 44.7 Å². The predicted octanol–water partition coefficient (Wildman–Crippen LogP) is 2.43. The number of aromatic nitrogens is 2. The molecule has 1 aromatic rings. The van der Waals surface area contributed by atoms with E-state index < -0.39 is 0 Å². The smallest absolute Gasteiger partial charge is 0.145 e. The number of hydrogen-bond acceptors (Lipinski definition) is 3. The van der Waals surface area contributed by atoms with Gasteiger partial charge in [-0.05, 0) is 74.0 Å². The Balaban J connectivity index is 1.51. The summed E-state index contributed by atoms with van der Waals surface area (Å²) in [5.74, 6) is 12.0. The summed E-state index contributed by atoms with van der Waals surface area (Å²) < 4.78 is 1.44. The third kappa shape index (κ3) is 1.84. The second kappa shape index (κ2) is 4.40. The van der Waals surface area contributed by atoms with Crippen molar-refractivity contribution in [3.63, 3.8) is 0 Å². The highest BCUT2D eigenvalue weighted by atomic mass is 15.3. The Morgan fingerprint density at radius 1 is 1.20 bits per heavy atom. The number of anilines is 1. The molecule has 0 saturated heterocycles. The fourth-order valence-corrected chi connectivity index (χ4v) is 5.90. The number of imidazole rings is 1. The largest absolute Gasteiger partial charge is 0.382 e. The summed E-state index contributed by atoms with van der Waals surface area (Å²) in [6.07, 6.45) is 10.1. The first kappa shape index (κ1) is 12.5. The lowest BCUT2D eigenvalue weighted by atomic mass is 9.49. The van der Waals surface area contributed by atoms with Crippen LogP contribution in [0.4, 0.5) is 5.82 Å². The van der Waals surface area contributed by atoms with Gasteiger partial charge in [0.2, 0.25) is 0 Å². The second-order valence-corrected chi connectivity index (χ2v) is 7.67. The molecule has 1 aromatic heterocycles. The van der Waals surface area contributed by atoms with Crippen LogP contribution in [0.5, 0.6) is 0 Å². The molecule has 1 atom stereocenters. The SMILES string of the molecule is CC(Cc1ncn(N)c1N)C1C2CC3CC(C2)CC1C3. The van der Waals surface area contributed by atoms with Crippen molar-refractivity contribution >= 4 is 5.82 Å². The molecular weight excluding hydrogens is 248 g/mol. The van der Waals surface area contributed by atoms with Gasteiger partial charge in [0.1, 0.15) is 12.1 Å². The lowest BCUT2D eigenvalue weighted by Crippen LogP contribution is -2.47. The number of nitrogen functional groups attached to an aromatic ring is 2. The summed E-state index contributed by atoms with van der Waals surface area (Å²) in [5.41, 5.74) is 7.00. The Bertz CT molecular complexity index is 479. The maximum Gasteiger partial charge on any atom is 0.145 e. The van der Waals surface area contributed by atoms with Crippen molar-refractivity contribution in [3.8, 4) is 0 Å². The minimum atomic E-state index is 0.640. The third-order valence-electron chi connectivity index (χ3n) is 6.38. The second-order valence-electron chi connectivity index (χ2n) is 7.67. The van der Waals surface area contributed by atoms with E-state index in [-0.39, 0.29) is 0 Å². The van der Waals surface area contributed by atoms with Crippen molar-refractivity contribution in [2.45, 2.75) is 45.4 Å². The van der Waals surface area contributed by atoms with E-state index in [1.807, 2.05) is 0 Å². The Morgan fingerprint density at radius 2 is 1.80 bits per heavy atom. The van der Waals surface area contributed by atoms with Crippen LogP contribution in [-0.4, -0.2) is 9.66 Å². The van der Waals surface area contributed by atoms with Gasteiger partial charge in [-0.3, -0.25) is 0 Å². The summed E-state index contributed by atoms with van der Waals surface area (Å²) in [6, 6.07) is 0. The molecule has 110 valence electrons. The van der Waals surface area contributed by atoms with Gasteiger partial charge < -0.3 is 11.6 Å². The average molecular weight is 274 g/mol. The first-order valence-electron chi connectivity index (χ1n) is 8.18. The van der Waals surface area contributed by atoms with Crippen molar-refractivity contribution in [2.75, 3.05) is 11.6 Å². The van der Waals surface area contributed by atoms with Gasteiger partial charge in [0.05, 0.1) is 5.69 Å². The van der Waals surface area contributed by atoms with Gasteiger partial charge in [0, 0.05) is 0 Å². The lowest BCUT2D eigenvalue weighted by molar-refractivity contribution is -0.0584. The first-order valence-corrected chi connectivity index (χ1v) is 8.18. The molecule has 4 N–H and O–H groups in total. The zero-order chi connectivity index (χ0) is 13.9. The summed E-state index contributed by atoms with van der Waals surface area (Å²) in [7, 11) is 0. The molecule has 4 saturated carbocycles. The molecule has 4 aliphatic rings. The first-order chi connectivity index (χ1) is 9.61. The van der Waals surface area contributed by atoms with Gasteiger partial charge in [-0.2, -0.15) is 0 Å². The molecule has 4 fully saturated rings. The lowest BCUT2D eigenvalue weighted by Gasteiger charge is -2.56. The highest BCUT2D eigenvalue weighted by Crippen LogP contribution is 2.58. The van der Waals surface area contributed by atoms with E-state index in [1.165, 1.54) is 36.8 Å². The van der Waals surface area contributed by atoms with Crippen LogP contribution in [0.15, 0.2) is 6.33 Å². The van der Waals surface area contributed by atoms with Gasteiger partial charge >= 0.3 is 0 Å². The van der Waals surface area contributed by atoms with Crippen LogP contribution < -0.4 is 11.6 Å². The number of rotatable bonds is 3. The van der Waals surface area contributed by atoms with E-state index in [0.29, 0.717) is 11.7 Å². The Labute approximate surface area is 120 Å². The molecular formula is C16H26N4. The van der Waals surface area contributed by atoms with E-state index in [2.05, 4.69) is 11.9 Å². The van der Waals surface area contributed by atoms with Crippen LogP contribution >= 0.6 is 0 Å². The molecule has 0 amide bonds. The standard InChI is InChI=1S/C16H26N4/c1-9(2-14-16(17)20(18)8-19-14)15-12-4-10-3-11(6-12)7-13(15)5-10/h8-13,15H,2-7,17-18H2,1H3. The van der Waals surface area contributed by atoms with Gasteiger partial charge in [-0.1, -0.05) is 6.92 Å². The molecule has 20 heavy (non-hydrogen) atoms. The molecule has 4 bridgehead atoms. The molecule has 4 nitrogen and oxygen atoms in total. The van der Waals surface area contributed by atoms with E-state index in [4.69, 9.17) is 11.6 Å². The Kier molecular flexibility index (Phi) is 2.76. The van der Waals surface area contributed by atoms with Gasteiger partial charge in [-0.25, -0.2) is 9.66 Å². The fraction of sp³-hybridized carbons (Fsp3) is 0.812. The van der Waals surface area contributed by atoms with Crippen molar-refractivity contribution < 1.29 is 0 Å². The van der Waals surface area contributed by atoms with E-state index in [1.54, 1.807) is 6.33 Å². The summed E-state index contributed by atoms with van der Waals surface area (Å²) in [6.45, 7) is 2.40. The molecule has 0 aliphatic heterocycles. The molecule has 4 heteroatoms. The maximum atomic E-state index is 6.00. The molecule has 4 aliphatic carbocycles. The average Bonchev–Trinajstić information content (AvgIpc) is 2.69. The number of nitrogens with zero attached hydrogens (tertiary/aromatic N) is 2. The summed E-state index contributed by atoms with van der Waals surface area (Å²) in [5, 5.41) is 0. The zero-order valence-electron chi connectivity index (χ0n) is 12.3. The van der Waals surface area contributed by atoms with Gasteiger partial charge in [-0.15, -0.1) is 0 Å².